The van der Waals surface area contributed by atoms with Gasteiger partial charge in [-0.25, -0.2) is 0 Å². The highest BCUT2D eigenvalue weighted by Crippen LogP contribution is 2.16. The number of nitrogens with two attached hydrogens (primary N) is 1. The maximum Gasteiger partial charge on any atom is 0.0742 e. The zero-order valence-corrected chi connectivity index (χ0v) is 11.0. The Morgan fingerprint density at radius 1 is 1.40 bits per heavy atom. The van der Waals surface area contributed by atoms with Crippen LogP contribution >= 0.6 is 12.2 Å². The van der Waals surface area contributed by atoms with Gasteiger partial charge in [-0.3, -0.25) is 9.80 Å². The second-order valence-corrected chi connectivity index (χ2v) is 5.36. The molecule has 1 rings (SSSR count). The second kappa shape index (κ2) is 5.23. The van der Waals surface area contributed by atoms with Crippen LogP contribution in [0.4, 0.5) is 0 Å². The number of nitrogens with zero attached hydrogens (tertiary/aromatic N) is 2. The molecule has 15 heavy (non-hydrogen) atoms. The maximum absolute atomic E-state index is 5.59. The van der Waals surface area contributed by atoms with Crippen molar-refractivity contribution in [3.63, 3.8) is 0 Å². The molecule has 3 nitrogen and oxygen atoms in total. The van der Waals surface area contributed by atoms with Crippen LogP contribution in [0.2, 0.25) is 0 Å². The number of piperazine rings is 1. The van der Waals surface area contributed by atoms with Gasteiger partial charge in [-0.05, 0) is 27.8 Å². The molecular formula is C11H23N3S. The van der Waals surface area contributed by atoms with Crippen LogP contribution in [-0.2, 0) is 0 Å². The molecule has 0 aromatic carbocycles. The van der Waals surface area contributed by atoms with Gasteiger partial charge in [0.2, 0.25) is 0 Å². The lowest BCUT2D eigenvalue weighted by Gasteiger charge is -2.44. The quantitative estimate of drug-likeness (QED) is 0.734. The van der Waals surface area contributed by atoms with Gasteiger partial charge >= 0.3 is 0 Å². The Morgan fingerprint density at radius 3 is 2.27 bits per heavy atom. The van der Waals surface area contributed by atoms with Crippen molar-refractivity contribution in [3.05, 3.63) is 0 Å². The molecule has 0 aromatic rings. The predicted octanol–water partition coefficient (Wildman–Crippen LogP) is 1.08. The molecule has 0 bridgehead atoms. The predicted molar refractivity (Wildman–Crippen MR) is 69.1 cm³/mol. The molecule has 0 amide bonds. The number of rotatable bonds is 3. The molecule has 0 radical (unpaired) electrons. The van der Waals surface area contributed by atoms with Gasteiger partial charge in [0.15, 0.2) is 0 Å². The molecule has 4 heteroatoms. The topological polar surface area (TPSA) is 32.5 Å². The smallest absolute Gasteiger partial charge is 0.0742 e. The molecule has 0 aliphatic carbocycles. The van der Waals surface area contributed by atoms with Gasteiger partial charge in [0, 0.05) is 37.6 Å². The van der Waals surface area contributed by atoms with Crippen LogP contribution in [0.15, 0.2) is 0 Å². The van der Waals surface area contributed by atoms with Gasteiger partial charge < -0.3 is 5.73 Å². The first-order valence-electron chi connectivity index (χ1n) is 5.66. The molecule has 1 heterocycles. The van der Waals surface area contributed by atoms with E-state index in [0.717, 1.165) is 19.5 Å². The number of thiocarbonyl (C=S) groups is 1. The van der Waals surface area contributed by atoms with E-state index >= 15 is 0 Å². The van der Waals surface area contributed by atoms with Crippen LogP contribution < -0.4 is 5.73 Å². The zero-order chi connectivity index (χ0) is 11.6. The standard InChI is InChI=1S/C11H23N3S/c1-8(5-11(12)15)14-6-9(2)13(4)10(3)7-14/h8-10H,5-7H2,1-4H3,(H2,12,15). The van der Waals surface area contributed by atoms with Crippen molar-refractivity contribution in [1.29, 1.82) is 0 Å². The Hall–Kier alpha value is -0.190. The lowest BCUT2D eigenvalue weighted by atomic mass is 10.1. The normalized spacial score (nSPS) is 31.5. The minimum atomic E-state index is 0.473. The summed E-state index contributed by atoms with van der Waals surface area (Å²) >= 11 is 4.96. The number of hydrogen-bond acceptors (Lipinski definition) is 3. The third kappa shape index (κ3) is 3.40. The van der Waals surface area contributed by atoms with E-state index < -0.39 is 0 Å². The van der Waals surface area contributed by atoms with E-state index in [0.29, 0.717) is 23.1 Å². The summed E-state index contributed by atoms with van der Waals surface area (Å²) in [6.45, 7) is 8.99. The Labute approximate surface area is 98.6 Å². The summed E-state index contributed by atoms with van der Waals surface area (Å²) in [6.07, 6.45) is 0.832. The molecule has 0 aromatic heterocycles. The second-order valence-electron chi connectivity index (χ2n) is 4.84. The van der Waals surface area contributed by atoms with Crippen LogP contribution in [0.5, 0.6) is 0 Å². The monoisotopic (exact) mass is 229 g/mol. The highest BCUT2D eigenvalue weighted by Gasteiger charge is 2.28. The third-order valence-electron chi connectivity index (χ3n) is 3.51. The van der Waals surface area contributed by atoms with Gasteiger partial charge in [-0.15, -0.1) is 0 Å². The van der Waals surface area contributed by atoms with Crippen LogP contribution in [0.25, 0.3) is 0 Å². The fraction of sp³-hybridized carbons (Fsp3) is 0.909. The molecule has 1 saturated heterocycles. The van der Waals surface area contributed by atoms with Gasteiger partial charge in [0.25, 0.3) is 0 Å². The van der Waals surface area contributed by atoms with E-state index in [-0.39, 0.29) is 0 Å². The van der Waals surface area contributed by atoms with E-state index in [9.17, 15) is 0 Å². The van der Waals surface area contributed by atoms with E-state index in [2.05, 4.69) is 37.6 Å². The van der Waals surface area contributed by atoms with Crippen LogP contribution in [0.3, 0.4) is 0 Å². The first-order chi connectivity index (χ1) is 6.91. The Bertz CT molecular complexity index is 220. The average molecular weight is 229 g/mol. The molecule has 3 unspecified atom stereocenters. The van der Waals surface area contributed by atoms with Crippen LogP contribution in [0.1, 0.15) is 27.2 Å². The molecule has 88 valence electrons. The van der Waals surface area contributed by atoms with Crippen molar-refractivity contribution in [2.75, 3.05) is 20.1 Å². The zero-order valence-electron chi connectivity index (χ0n) is 10.2. The SMILES string of the molecule is CC(CC(N)=S)N1CC(C)N(C)C(C)C1. The molecule has 1 aliphatic heterocycles. The lowest BCUT2D eigenvalue weighted by molar-refractivity contribution is 0.0398. The fourth-order valence-corrected chi connectivity index (χ4v) is 2.47. The van der Waals surface area contributed by atoms with Gasteiger partial charge in [-0.2, -0.15) is 0 Å². The van der Waals surface area contributed by atoms with Crippen LogP contribution in [0, 0.1) is 0 Å². The highest BCUT2D eigenvalue weighted by atomic mass is 32.1. The summed E-state index contributed by atoms with van der Waals surface area (Å²) < 4.78 is 0. The summed E-state index contributed by atoms with van der Waals surface area (Å²) in [6, 6.07) is 1.70. The van der Waals surface area contributed by atoms with Crippen molar-refractivity contribution >= 4 is 17.2 Å². The van der Waals surface area contributed by atoms with E-state index in [1.54, 1.807) is 0 Å². The van der Waals surface area contributed by atoms with E-state index in [1.165, 1.54) is 0 Å². The third-order valence-corrected chi connectivity index (χ3v) is 3.67. The van der Waals surface area contributed by atoms with Crippen molar-refractivity contribution in [3.8, 4) is 0 Å². The van der Waals surface area contributed by atoms with Crippen molar-refractivity contribution in [2.24, 2.45) is 5.73 Å². The Morgan fingerprint density at radius 2 is 1.87 bits per heavy atom. The molecule has 0 saturated carbocycles. The minimum absolute atomic E-state index is 0.473. The molecule has 0 spiro atoms. The first kappa shape index (κ1) is 12.9. The summed E-state index contributed by atoms with van der Waals surface area (Å²) in [5, 5.41) is 0. The molecule has 1 aliphatic rings. The average Bonchev–Trinajstić information content (AvgIpc) is 2.12. The molecular weight excluding hydrogens is 206 g/mol. The Kier molecular flexibility index (Phi) is 4.49. The summed E-state index contributed by atoms with van der Waals surface area (Å²) in [7, 11) is 2.20. The van der Waals surface area contributed by atoms with Crippen molar-refractivity contribution < 1.29 is 0 Å². The largest absolute Gasteiger partial charge is 0.393 e. The van der Waals surface area contributed by atoms with E-state index in [4.69, 9.17) is 18.0 Å². The van der Waals surface area contributed by atoms with Crippen molar-refractivity contribution in [2.45, 2.75) is 45.3 Å². The minimum Gasteiger partial charge on any atom is -0.393 e. The molecule has 3 atom stereocenters. The summed E-state index contributed by atoms with van der Waals surface area (Å²) in [5.74, 6) is 0. The Balaban J connectivity index is 2.53. The van der Waals surface area contributed by atoms with Gasteiger partial charge in [-0.1, -0.05) is 12.2 Å². The van der Waals surface area contributed by atoms with E-state index in [1.807, 2.05) is 0 Å². The van der Waals surface area contributed by atoms with Gasteiger partial charge in [0.1, 0.15) is 0 Å². The lowest BCUT2D eigenvalue weighted by Crippen LogP contribution is -2.57. The van der Waals surface area contributed by atoms with Crippen molar-refractivity contribution in [1.82, 2.24) is 9.80 Å². The summed E-state index contributed by atoms with van der Waals surface area (Å²) in [5.41, 5.74) is 5.59. The molecule has 1 fully saturated rings. The van der Waals surface area contributed by atoms with Crippen LogP contribution in [-0.4, -0.2) is 53.1 Å². The number of likely N-dealkylation sites (N-methyl/N-ethyl adjacent to an activating group) is 1. The first-order valence-corrected chi connectivity index (χ1v) is 6.07. The summed E-state index contributed by atoms with van der Waals surface area (Å²) in [4.78, 5) is 5.56. The molecule has 2 N–H and O–H groups in total. The maximum atomic E-state index is 5.59. The highest BCUT2D eigenvalue weighted by molar-refractivity contribution is 7.80. The van der Waals surface area contributed by atoms with Gasteiger partial charge in [0.05, 0.1) is 4.99 Å². The fourth-order valence-electron chi connectivity index (χ4n) is 2.23. The number of hydrogen-bond donors (Lipinski definition) is 1.